The Morgan fingerprint density at radius 2 is 1.84 bits per heavy atom. The molecule has 2 aromatic carbocycles. The Hall–Kier alpha value is -3.79. The summed E-state index contributed by atoms with van der Waals surface area (Å²) in [5, 5.41) is 3.14. The van der Waals surface area contributed by atoms with Crippen LogP contribution in [0.15, 0.2) is 42.5 Å². The highest BCUT2D eigenvalue weighted by Crippen LogP contribution is 2.33. The second-order valence-electron chi connectivity index (χ2n) is 9.73. The molecule has 10 nitrogen and oxygen atoms in total. The van der Waals surface area contributed by atoms with E-state index in [1.54, 1.807) is 28.0 Å². The standard InChI is InChI=1S/C28H33N3O7/c1-35-25-16-20(38-21-9-12-29-23(15-21)27(33)36-2)7-8-22(25)26(32)30-13-10-19(11-14-30)31-24-6-4-3-5-18(24)17-37-28(31)34/h3-8,16,19,21,23,29H,9-15,17H2,1-2H3. The second kappa shape index (κ2) is 11.3. The highest BCUT2D eigenvalue weighted by molar-refractivity contribution is 5.97. The summed E-state index contributed by atoms with van der Waals surface area (Å²) in [6, 6.07) is 12.5. The minimum absolute atomic E-state index is 0.0375. The number of esters is 1. The minimum Gasteiger partial charge on any atom is -0.496 e. The third kappa shape index (κ3) is 5.26. The SMILES string of the molecule is COC(=O)C1CC(Oc2ccc(C(=O)N3CCC(N4C(=O)OCc5ccccc54)CC3)c(OC)c2)CCN1. The number of anilines is 1. The summed E-state index contributed by atoms with van der Waals surface area (Å²) < 4.78 is 21.9. The number of carbonyl (C=O) groups excluding carboxylic acids is 3. The number of cyclic esters (lactones) is 1. The van der Waals surface area contributed by atoms with Crippen molar-refractivity contribution in [3.05, 3.63) is 53.6 Å². The lowest BCUT2D eigenvalue weighted by Gasteiger charge is -2.40. The van der Waals surface area contributed by atoms with Gasteiger partial charge in [-0.15, -0.1) is 0 Å². The second-order valence-corrected chi connectivity index (χ2v) is 9.73. The van der Waals surface area contributed by atoms with Crippen molar-refractivity contribution in [3.8, 4) is 11.5 Å². The summed E-state index contributed by atoms with van der Waals surface area (Å²) in [6.07, 6.45) is 2.06. The molecule has 3 aliphatic heterocycles. The zero-order chi connectivity index (χ0) is 26.6. The van der Waals surface area contributed by atoms with E-state index >= 15 is 0 Å². The van der Waals surface area contributed by atoms with E-state index in [-0.39, 0.29) is 36.7 Å². The van der Waals surface area contributed by atoms with Crippen molar-refractivity contribution in [1.29, 1.82) is 0 Å². The zero-order valence-corrected chi connectivity index (χ0v) is 21.7. The third-order valence-electron chi connectivity index (χ3n) is 7.46. The van der Waals surface area contributed by atoms with Gasteiger partial charge >= 0.3 is 12.1 Å². The number of carbonyl (C=O) groups is 3. The third-order valence-corrected chi connectivity index (χ3v) is 7.46. The molecule has 3 aliphatic rings. The number of methoxy groups -OCH3 is 2. The summed E-state index contributed by atoms with van der Waals surface area (Å²) >= 11 is 0. The average Bonchev–Trinajstić information content (AvgIpc) is 2.96. The molecule has 0 aromatic heterocycles. The largest absolute Gasteiger partial charge is 0.496 e. The summed E-state index contributed by atoms with van der Waals surface area (Å²) in [5.74, 6) is 0.583. The summed E-state index contributed by atoms with van der Waals surface area (Å²) in [5.41, 5.74) is 2.33. The summed E-state index contributed by atoms with van der Waals surface area (Å²) in [4.78, 5) is 41.4. The molecule has 2 atom stereocenters. The molecule has 0 bridgehead atoms. The van der Waals surface area contributed by atoms with Crippen molar-refractivity contribution in [3.63, 3.8) is 0 Å². The van der Waals surface area contributed by atoms with Crippen LogP contribution < -0.4 is 19.7 Å². The quantitative estimate of drug-likeness (QED) is 0.576. The van der Waals surface area contributed by atoms with E-state index in [1.807, 2.05) is 24.3 Å². The van der Waals surface area contributed by atoms with E-state index in [0.29, 0.717) is 56.0 Å². The number of amides is 2. The van der Waals surface area contributed by atoms with Gasteiger partial charge in [-0.2, -0.15) is 0 Å². The number of rotatable bonds is 6. The van der Waals surface area contributed by atoms with Gasteiger partial charge in [-0.3, -0.25) is 14.5 Å². The van der Waals surface area contributed by atoms with Crippen LogP contribution in [0, 0.1) is 0 Å². The van der Waals surface area contributed by atoms with E-state index in [9.17, 15) is 14.4 Å². The number of para-hydroxylation sites is 1. The first-order valence-electron chi connectivity index (χ1n) is 13.0. The lowest BCUT2D eigenvalue weighted by Crippen LogP contribution is -2.50. The van der Waals surface area contributed by atoms with Crippen LogP contribution in [0.3, 0.4) is 0 Å². The number of piperidine rings is 2. The molecule has 2 fully saturated rings. The molecular formula is C28H33N3O7. The molecule has 0 saturated carbocycles. The maximum Gasteiger partial charge on any atom is 0.414 e. The Morgan fingerprint density at radius 1 is 1.05 bits per heavy atom. The van der Waals surface area contributed by atoms with Crippen LogP contribution in [-0.2, 0) is 20.9 Å². The number of hydrogen-bond donors (Lipinski definition) is 1. The first-order valence-corrected chi connectivity index (χ1v) is 13.0. The van der Waals surface area contributed by atoms with Gasteiger partial charge in [0.2, 0.25) is 0 Å². The average molecular weight is 524 g/mol. The fourth-order valence-electron chi connectivity index (χ4n) is 5.44. The highest BCUT2D eigenvalue weighted by atomic mass is 16.6. The van der Waals surface area contributed by atoms with Crippen LogP contribution in [0.1, 0.15) is 41.6 Å². The molecule has 2 amide bonds. The maximum atomic E-state index is 13.4. The van der Waals surface area contributed by atoms with Gasteiger partial charge in [0.15, 0.2) is 0 Å². The molecule has 10 heteroatoms. The maximum absolute atomic E-state index is 13.4. The Morgan fingerprint density at radius 3 is 2.61 bits per heavy atom. The van der Waals surface area contributed by atoms with Crippen molar-refractivity contribution >= 4 is 23.7 Å². The molecule has 38 heavy (non-hydrogen) atoms. The van der Waals surface area contributed by atoms with E-state index in [4.69, 9.17) is 18.9 Å². The van der Waals surface area contributed by atoms with E-state index < -0.39 is 6.04 Å². The molecule has 3 heterocycles. The molecule has 0 spiro atoms. The van der Waals surface area contributed by atoms with Crippen molar-refractivity contribution in [2.45, 2.75) is 50.5 Å². The lowest BCUT2D eigenvalue weighted by molar-refractivity contribution is -0.144. The monoisotopic (exact) mass is 523 g/mol. The van der Waals surface area contributed by atoms with Crippen LogP contribution in [-0.4, -0.2) is 74.9 Å². The van der Waals surface area contributed by atoms with Crippen molar-refractivity contribution in [2.75, 3.05) is 38.8 Å². The molecule has 1 N–H and O–H groups in total. The number of fused-ring (bicyclic) bond motifs is 1. The van der Waals surface area contributed by atoms with Gasteiger partial charge < -0.3 is 29.2 Å². The molecule has 2 unspecified atom stereocenters. The van der Waals surface area contributed by atoms with Crippen LogP contribution in [0.25, 0.3) is 0 Å². The van der Waals surface area contributed by atoms with Crippen LogP contribution >= 0.6 is 0 Å². The predicted octanol–water partition coefficient (Wildman–Crippen LogP) is 3.13. The molecule has 202 valence electrons. The van der Waals surface area contributed by atoms with Gasteiger partial charge in [-0.05, 0) is 44.0 Å². The van der Waals surface area contributed by atoms with Gasteiger partial charge in [0.1, 0.15) is 30.3 Å². The molecule has 0 aliphatic carbocycles. The lowest BCUT2D eigenvalue weighted by atomic mass is 10.00. The van der Waals surface area contributed by atoms with Gasteiger partial charge in [-0.1, -0.05) is 18.2 Å². The number of likely N-dealkylation sites (tertiary alicyclic amines) is 1. The van der Waals surface area contributed by atoms with Crippen LogP contribution in [0.2, 0.25) is 0 Å². The Bertz CT molecular complexity index is 1190. The first kappa shape index (κ1) is 25.8. The fourth-order valence-corrected chi connectivity index (χ4v) is 5.44. The number of benzene rings is 2. The Labute approximate surface area is 221 Å². The molecule has 2 aromatic rings. The van der Waals surface area contributed by atoms with E-state index in [2.05, 4.69) is 5.32 Å². The Kier molecular flexibility index (Phi) is 7.69. The summed E-state index contributed by atoms with van der Waals surface area (Å²) in [7, 11) is 2.90. The van der Waals surface area contributed by atoms with Crippen molar-refractivity contribution in [1.82, 2.24) is 10.2 Å². The molecule has 0 radical (unpaired) electrons. The minimum atomic E-state index is -0.398. The van der Waals surface area contributed by atoms with Crippen LogP contribution in [0.5, 0.6) is 11.5 Å². The zero-order valence-electron chi connectivity index (χ0n) is 21.7. The van der Waals surface area contributed by atoms with E-state index in [0.717, 1.165) is 17.7 Å². The van der Waals surface area contributed by atoms with Crippen LogP contribution in [0.4, 0.5) is 10.5 Å². The number of ether oxygens (including phenoxy) is 4. The number of nitrogens with one attached hydrogen (secondary N) is 1. The predicted molar refractivity (Wildman–Crippen MR) is 138 cm³/mol. The van der Waals surface area contributed by atoms with Crippen molar-refractivity contribution in [2.24, 2.45) is 0 Å². The normalized spacial score (nSPS) is 21.8. The fraction of sp³-hybridized carbons (Fsp3) is 0.464. The van der Waals surface area contributed by atoms with Gasteiger partial charge in [0.05, 0.1) is 25.5 Å². The van der Waals surface area contributed by atoms with E-state index in [1.165, 1.54) is 14.2 Å². The van der Waals surface area contributed by atoms with Gasteiger partial charge in [-0.25, -0.2) is 4.79 Å². The highest BCUT2D eigenvalue weighted by Gasteiger charge is 2.35. The van der Waals surface area contributed by atoms with Gasteiger partial charge in [0.25, 0.3) is 5.91 Å². The topological polar surface area (TPSA) is 107 Å². The Balaban J connectivity index is 1.22. The summed E-state index contributed by atoms with van der Waals surface area (Å²) in [6.45, 7) is 1.96. The number of nitrogens with zero attached hydrogens (tertiary/aromatic N) is 2. The molecular weight excluding hydrogens is 490 g/mol. The van der Waals surface area contributed by atoms with Gasteiger partial charge in [0, 0.05) is 37.2 Å². The number of hydrogen-bond acceptors (Lipinski definition) is 8. The first-order chi connectivity index (χ1) is 18.5. The smallest absolute Gasteiger partial charge is 0.414 e. The van der Waals surface area contributed by atoms with Crippen molar-refractivity contribution < 1.29 is 33.3 Å². The molecule has 5 rings (SSSR count). The molecule has 2 saturated heterocycles.